The number of fused-ring (bicyclic) bond motifs is 1. The van der Waals surface area contributed by atoms with Gasteiger partial charge in [-0.2, -0.15) is 0 Å². The normalized spacial score (nSPS) is 14.1. The van der Waals surface area contributed by atoms with Crippen LogP contribution in [0.4, 0.5) is 0 Å². The third-order valence-electron chi connectivity index (χ3n) is 3.78. The van der Waals surface area contributed by atoms with Gasteiger partial charge in [0.25, 0.3) is 0 Å². The second-order valence-electron chi connectivity index (χ2n) is 5.28. The third-order valence-corrected chi connectivity index (χ3v) is 5.18. The first-order valence-electron chi connectivity index (χ1n) is 6.94. The molecule has 3 rings (SSSR count). The maximum atomic E-state index is 12.3. The number of phenols is 1. The zero-order valence-corrected chi connectivity index (χ0v) is 12.4. The summed E-state index contributed by atoms with van der Waals surface area (Å²) in [6, 6.07) is 11.8. The van der Waals surface area contributed by atoms with E-state index in [0.29, 0.717) is 4.90 Å². The predicted octanol–water partition coefficient (Wildman–Crippen LogP) is 2.36. The Hall–Kier alpha value is -1.85. The van der Waals surface area contributed by atoms with Crippen molar-refractivity contribution in [3.8, 4) is 5.75 Å². The Bertz CT molecular complexity index is 752. The third kappa shape index (κ3) is 3.09. The fourth-order valence-electron chi connectivity index (χ4n) is 2.59. The van der Waals surface area contributed by atoms with Crippen molar-refractivity contribution in [2.45, 2.75) is 30.7 Å². The van der Waals surface area contributed by atoms with Gasteiger partial charge in [0, 0.05) is 6.54 Å². The summed E-state index contributed by atoms with van der Waals surface area (Å²) in [5, 5.41) is 9.21. The average molecular weight is 303 g/mol. The van der Waals surface area contributed by atoms with Crippen LogP contribution in [0.15, 0.2) is 47.4 Å². The lowest BCUT2D eigenvalue weighted by atomic mass is 10.1. The molecular formula is C16H17NO3S. The summed E-state index contributed by atoms with van der Waals surface area (Å²) in [6.07, 6.45) is 3.09. The topological polar surface area (TPSA) is 66.4 Å². The summed E-state index contributed by atoms with van der Waals surface area (Å²) in [7, 11) is -3.50. The van der Waals surface area contributed by atoms with Crippen molar-refractivity contribution in [3.05, 3.63) is 59.2 Å². The largest absolute Gasteiger partial charge is 0.508 e. The molecule has 2 aromatic rings. The molecule has 2 N–H and O–H groups in total. The number of benzene rings is 2. The Balaban J connectivity index is 1.76. The van der Waals surface area contributed by atoms with E-state index in [-0.39, 0.29) is 12.3 Å². The van der Waals surface area contributed by atoms with Gasteiger partial charge in [-0.3, -0.25) is 0 Å². The summed E-state index contributed by atoms with van der Waals surface area (Å²) in [5.74, 6) is 0.167. The molecule has 0 radical (unpaired) electrons. The van der Waals surface area contributed by atoms with E-state index in [4.69, 9.17) is 0 Å². The van der Waals surface area contributed by atoms with Gasteiger partial charge in [0.1, 0.15) is 5.75 Å². The smallest absolute Gasteiger partial charge is 0.240 e. The monoisotopic (exact) mass is 303 g/mol. The molecule has 0 saturated carbocycles. The van der Waals surface area contributed by atoms with Crippen molar-refractivity contribution < 1.29 is 13.5 Å². The lowest BCUT2D eigenvalue weighted by Gasteiger charge is -2.09. The lowest BCUT2D eigenvalue weighted by Crippen LogP contribution is -2.23. The van der Waals surface area contributed by atoms with Gasteiger partial charge in [0.2, 0.25) is 10.0 Å². The number of rotatable bonds is 4. The van der Waals surface area contributed by atoms with Gasteiger partial charge in [-0.1, -0.05) is 18.2 Å². The molecule has 1 aliphatic carbocycles. The summed E-state index contributed by atoms with van der Waals surface area (Å²) < 4.78 is 27.2. The Morgan fingerprint density at radius 3 is 2.48 bits per heavy atom. The molecule has 0 bridgehead atoms. The number of hydrogen-bond acceptors (Lipinski definition) is 3. The van der Waals surface area contributed by atoms with Crippen LogP contribution in [-0.2, 0) is 29.4 Å². The number of nitrogens with one attached hydrogen (secondary N) is 1. The van der Waals surface area contributed by atoms with E-state index >= 15 is 0 Å². The van der Waals surface area contributed by atoms with Gasteiger partial charge in [-0.15, -0.1) is 0 Å². The van der Waals surface area contributed by atoms with Crippen LogP contribution in [0, 0.1) is 0 Å². The molecule has 110 valence electrons. The molecule has 2 aromatic carbocycles. The zero-order valence-electron chi connectivity index (χ0n) is 11.5. The predicted molar refractivity (Wildman–Crippen MR) is 80.6 cm³/mol. The van der Waals surface area contributed by atoms with Crippen molar-refractivity contribution >= 4 is 10.0 Å². The molecule has 0 amide bonds. The standard InChI is InChI=1S/C16H17NO3S/c18-15-7-4-12(5-8-15)11-17-21(19,20)16-9-6-13-2-1-3-14(13)10-16/h4-10,17-18H,1-3,11H2. The van der Waals surface area contributed by atoms with E-state index in [9.17, 15) is 13.5 Å². The first-order valence-corrected chi connectivity index (χ1v) is 8.42. The molecule has 21 heavy (non-hydrogen) atoms. The second-order valence-corrected chi connectivity index (χ2v) is 7.04. The van der Waals surface area contributed by atoms with Gasteiger partial charge in [0.15, 0.2) is 0 Å². The Morgan fingerprint density at radius 2 is 1.71 bits per heavy atom. The fraction of sp³-hybridized carbons (Fsp3) is 0.250. The minimum Gasteiger partial charge on any atom is -0.508 e. The zero-order chi connectivity index (χ0) is 14.9. The van der Waals surface area contributed by atoms with Crippen LogP contribution in [0.3, 0.4) is 0 Å². The van der Waals surface area contributed by atoms with Gasteiger partial charge in [-0.25, -0.2) is 13.1 Å². The summed E-state index contributed by atoms with van der Waals surface area (Å²) in [6.45, 7) is 0.208. The summed E-state index contributed by atoms with van der Waals surface area (Å²) >= 11 is 0. The number of aryl methyl sites for hydroxylation is 2. The van der Waals surface area contributed by atoms with Gasteiger partial charge < -0.3 is 5.11 Å². The molecule has 0 spiro atoms. The van der Waals surface area contributed by atoms with E-state index < -0.39 is 10.0 Å². The van der Waals surface area contributed by atoms with Crippen LogP contribution in [0.2, 0.25) is 0 Å². The lowest BCUT2D eigenvalue weighted by molar-refractivity contribution is 0.475. The maximum Gasteiger partial charge on any atom is 0.240 e. The molecule has 5 heteroatoms. The van der Waals surface area contributed by atoms with Crippen molar-refractivity contribution in [1.29, 1.82) is 0 Å². The number of aromatic hydroxyl groups is 1. The molecule has 0 atom stereocenters. The van der Waals surface area contributed by atoms with Crippen molar-refractivity contribution in [3.63, 3.8) is 0 Å². The highest BCUT2D eigenvalue weighted by atomic mass is 32.2. The highest BCUT2D eigenvalue weighted by Gasteiger charge is 2.18. The molecule has 0 unspecified atom stereocenters. The first kappa shape index (κ1) is 14.1. The summed E-state index contributed by atoms with van der Waals surface area (Å²) in [4.78, 5) is 0.321. The first-order chi connectivity index (χ1) is 10.0. The Morgan fingerprint density at radius 1 is 1.00 bits per heavy atom. The molecular weight excluding hydrogens is 286 g/mol. The molecule has 0 aliphatic heterocycles. The van der Waals surface area contributed by atoms with E-state index in [1.54, 1.807) is 36.4 Å². The van der Waals surface area contributed by atoms with Gasteiger partial charge in [0.05, 0.1) is 4.90 Å². The van der Waals surface area contributed by atoms with Gasteiger partial charge >= 0.3 is 0 Å². The quantitative estimate of drug-likeness (QED) is 0.911. The van der Waals surface area contributed by atoms with Crippen LogP contribution in [0.5, 0.6) is 5.75 Å². The minimum absolute atomic E-state index is 0.167. The minimum atomic E-state index is -3.50. The van der Waals surface area contributed by atoms with E-state index in [1.807, 2.05) is 6.07 Å². The van der Waals surface area contributed by atoms with Crippen molar-refractivity contribution in [1.82, 2.24) is 4.72 Å². The number of sulfonamides is 1. The highest BCUT2D eigenvalue weighted by molar-refractivity contribution is 7.89. The summed E-state index contributed by atoms with van der Waals surface area (Å²) in [5.41, 5.74) is 3.20. The number of hydrogen-bond donors (Lipinski definition) is 2. The van der Waals surface area contributed by atoms with E-state index in [2.05, 4.69) is 4.72 Å². The second kappa shape index (κ2) is 5.50. The van der Waals surface area contributed by atoms with Crippen molar-refractivity contribution in [2.24, 2.45) is 0 Å². The van der Waals surface area contributed by atoms with Gasteiger partial charge in [-0.05, 0) is 60.2 Å². The molecule has 0 heterocycles. The average Bonchev–Trinajstić information content (AvgIpc) is 2.94. The van der Waals surface area contributed by atoms with Crippen LogP contribution < -0.4 is 4.72 Å². The molecule has 0 aromatic heterocycles. The maximum absolute atomic E-state index is 12.3. The molecule has 1 aliphatic rings. The van der Waals surface area contributed by atoms with Crippen LogP contribution in [0.25, 0.3) is 0 Å². The number of phenolic OH excluding ortho intramolecular Hbond substituents is 1. The van der Waals surface area contributed by atoms with Crippen LogP contribution in [0.1, 0.15) is 23.1 Å². The Labute approximate surface area is 124 Å². The van der Waals surface area contributed by atoms with E-state index in [0.717, 1.165) is 30.4 Å². The van der Waals surface area contributed by atoms with E-state index in [1.165, 1.54) is 5.56 Å². The Kier molecular flexibility index (Phi) is 3.69. The van der Waals surface area contributed by atoms with Crippen molar-refractivity contribution in [2.75, 3.05) is 0 Å². The fourth-order valence-corrected chi connectivity index (χ4v) is 3.66. The van der Waals surface area contributed by atoms with Crippen LogP contribution in [-0.4, -0.2) is 13.5 Å². The molecule has 0 saturated heterocycles. The van der Waals surface area contributed by atoms with Crippen LogP contribution >= 0.6 is 0 Å². The molecule has 0 fully saturated rings. The highest BCUT2D eigenvalue weighted by Crippen LogP contribution is 2.24. The molecule has 4 nitrogen and oxygen atoms in total. The SMILES string of the molecule is O=S(=O)(NCc1ccc(O)cc1)c1ccc2c(c1)CCC2.